The third kappa shape index (κ3) is 4.39. The van der Waals surface area contributed by atoms with Gasteiger partial charge in [0, 0.05) is 18.8 Å². The van der Waals surface area contributed by atoms with E-state index in [9.17, 15) is 0 Å². The van der Waals surface area contributed by atoms with E-state index in [1.165, 1.54) is 16.7 Å². The zero-order valence-electron chi connectivity index (χ0n) is 13.9. The van der Waals surface area contributed by atoms with Gasteiger partial charge in [0.2, 0.25) is 5.95 Å². The van der Waals surface area contributed by atoms with E-state index in [2.05, 4.69) is 63.6 Å². The van der Waals surface area contributed by atoms with Crippen LogP contribution in [0.25, 0.3) is 0 Å². The number of nitrogens with one attached hydrogen (secondary N) is 2. The van der Waals surface area contributed by atoms with Crippen molar-refractivity contribution in [1.82, 2.24) is 20.1 Å². The monoisotopic (exact) mass is 300 g/mol. The number of likely N-dealkylation sites (N-methyl/N-ethyl adjacent to an activating group) is 1. The topological polar surface area (TPSA) is 66.0 Å². The maximum atomic E-state index is 4.46. The molecule has 0 unspecified atom stereocenters. The Balaban J connectivity index is 2.10. The van der Waals surface area contributed by atoms with Crippen molar-refractivity contribution >= 4 is 17.5 Å². The van der Waals surface area contributed by atoms with Crippen LogP contribution in [0, 0.1) is 20.8 Å². The third-order valence-electron chi connectivity index (χ3n) is 3.34. The van der Waals surface area contributed by atoms with Crippen molar-refractivity contribution in [2.75, 3.05) is 37.8 Å². The van der Waals surface area contributed by atoms with Gasteiger partial charge in [0.05, 0.1) is 6.20 Å². The summed E-state index contributed by atoms with van der Waals surface area (Å²) in [5, 5.41) is 14.6. The quantitative estimate of drug-likeness (QED) is 0.854. The van der Waals surface area contributed by atoms with Gasteiger partial charge in [-0.25, -0.2) is 0 Å². The van der Waals surface area contributed by atoms with Gasteiger partial charge in [-0.05, 0) is 46.0 Å². The van der Waals surface area contributed by atoms with E-state index < -0.39 is 0 Å². The van der Waals surface area contributed by atoms with Gasteiger partial charge in [-0.1, -0.05) is 17.7 Å². The van der Waals surface area contributed by atoms with Gasteiger partial charge >= 0.3 is 0 Å². The average Bonchev–Trinajstić information content (AvgIpc) is 2.43. The first-order chi connectivity index (χ1) is 10.5. The zero-order valence-corrected chi connectivity index (χ0v) is 13.9. The van der Waals surface area contributed by atoms with Crippen LogP contribution in [-0.2, 0) is 0 Å². The van der Waals surface area contributed by atoms with E-state index >= 15 is 0 Å². The Kier molecular flexibility index (Phi) is 5.27. The van der Waals surface area contributed by atoms with Crippen LogP contribution in [0.4, 0.5) is 17.5 Å². The number of benzene rings is 1. The number of nitrogens with zero attached hydrogens (tertiary/aromatic N) is 4. The average molecular weight is 300 g/mol. The fraction of sp³-hybridized carbons (Fsp3) is 0.438. The van der Waals surface area contributed by atoms with E-state index in [-0.39, 0.29) is 0 Å². The van der Waals surface area contributed by atoms with Gasteiger partial charge in [0.25, 0.3) is 0 Å². The van der Waals surface area contributed by atoms with E-state index in [4.69, 9.17) is 0 Å². The molecule has 0 aliphatic heterocycles. The molecule has 0 bridgehead atoms. The molecule has 1 aromatic heterocycles. The number of hydrogen-bond donors (Lipinski definition) is 2. The van der Waals surface area contributed by atoms with Crippen molar-refractivity contribution in [2.45, 2.75) is 20.8 Å². The smallest absolute Gasteiger partial charge is 0.249 e. The molecule has 6 heteroatoms. The molecule has 1 heterocycles. The molecule has 0 aliphatic rings. The molecule has 2 N–H and O–H groups in total. The summed E-state index contributed by atoms with van der Waals surface area (Å²) >= 11 is 0. The molecule has 118 valence electrons. The molecule has 0 saturated carbocycles. The van der Waals surface area contributed by atoms with Crippen LogP contribution in [0.3, 0.4) is 0 Å². The summed E-state index contributed by atoms with van der Waals surface area (Å²) in [6.45, 7) is 8.00. The van der Waals surface area contributed by atoms with Crippen molar-refractivity contribution in [1.29, 1.82) is 0 Å². The summed E-state index contributed by atoms with van der Waals surface area (Å²) in [5.74, 6) is 1.23. The minimum atomic E-state index is 0.505. The first kappa shape index (κ1) is 16.2. The van der Waals surface area contributed by atoms with E-state index in [0.29, 0.717) is 5.95 Å². The van der Waals surface area contributed by atoms with Crippen LogP contribution in [0.15, 0.2) is 18.3 Å². The van der Waals surface area contributed by atoms with E-state index in [1.54, 1.807) is 6.20 Å². The Morgan fingerprint density at radius 3 is 2.41 bits per heavy atom. The first-order valence-corrected chi connectivity index (χ1v) is 7.39. The lowest BCUT2D eigenvalue weighted by atomic mass is 10.1. The maximum Gasteiger partial charge on any atom is 0.249 e. The fourth-order valence-corrected chi connectivity index (χ4v) is 2.34. The van der Waals surface area contributed by atoms with E-state index in [0.717, 1.165) is 24.6 Å². The number of aryl methyl sites for hydroxylation is 3. The highest BCUT2D eigenvalue weighted by Crippen LogP contribution is 2.24. The minimum absolute atomic E-state index is 0.505. The standard InChI is InChI=1S/C16H24N6/c1-11-8-12(2)15(13(3)9-11)20-16-19-14(10-18-21-16)17-6-7-22(4)5/h8-10H,6-7H2,1-5H3,(H2,17,19,20,21). The number of hydrogen-bond acceptors (Lipinski definition) is 6. The Bertz CT molecular complexity index is 615. The van der Waals surface area contributed by atoms with Crippen LogP contribution in [0.5, 0.6) is 0 Å². The van der Waals surface area contributed by atoms with Gasteiger partial charge in [0.1, 0.15) is 0 Å². The molecule has 0 atom stereocenters. The molecule has 0 radical (unpaired) electrons. The summed E-state index contributed by atoms with van der Waals surface area (Å²) in [7, 11) is 4.08. The molecule has 0 amide bonds. The highest BCUT2D eigenvalue weighted by Gasteiger charge is 2.07. The lowest BCUT2D eigenvalue weighted by Gasteiger charge is -2.13. The van der Waals surface area contributed by atoms with Crippen molar-refractivity contribution in [3.05, 3.63) is 35.0 Å². The van der Waals surface area contributed by atoms with Crippen LogP contribution in [0.2, 0.25) is 0 Å². The molecule has 22 heavy (non-hydrogen) atoms. The first-order valence-electron chi connectivity index (χ1n) is 7.39. The summed E-state index contributed by atoms with van der Waals surface area (Å²) in [4.78, 5) is 6.57. The van der Waals surface area contributed by atoms with Crippen LogP contribution in [-0.4, -0.2) is 47.3 Å². The van der Waals surface area contributed by atoms with Crippen molar-refractivity contribution in [3.63, 3.8) is 0 Å². The van der Waals surface area contributed by atoms with Gasteiger partial charge in [-0.2, -0.15) is 10.1 Å². The van der Waals surface area contributed by atoms with E-state index in [1.807, 2.05) is 14.1 Å². The molecular formula is C16H24N6. The zero-order chi connectivity index (χ0) is 16.1. The fourth-order valence-electron chi connectivity index (χ4n) is 2.34. The van der Waals surface area contributed by atoms with Crippen molar-refractivity contribution in [2.24, 2.45) is 0 Å². The Morgan fingerprint density at radius 1 is 1.09 bits per heavy atom. The molecule has 0 aliphatic carbocycles. The molecule has 0 saturated heterocycles. The minimum Gasteiger partial charge on any atom is -0.367 e. The number of anilines is 3. The lowest BCUT2D eigenvalue weighted by Crippen LogP contribution is -2.21. The summed E-state index contributed by atoms with van der Waals surface area (Å²) < 4.78 is 0. The van der Waals surface area contributed by atoms with Gasteiger partial charge < -0.3 is 15.5 Å². The normalized spacial score (nSPS) is 10.8. The van der Waals surface area contributed by atoms with Crippen LogP contribution < -0.4 is 10.6 Å². The maximum absolute atomic E-state index is 4.46. The third-order valence-corrected chi connectivity index (χ3v) is 3.34. The Morgan fingerprint density at radius 2 is 1.77 bits per heavy atom. The molecule has 1 aromatic carbocycles. The lowest BCUT2D eigenvalue weighted by molar-refractivity contribution is 0.425. The molecular weight excluding hydrogens is 276 g/mol. The Hall–Kier alpha value is -2.21. The molecule has 0 fully saturated rings. The highest BCUT2D eigenvalue weighted by atomic mass is 15.3. The highest BCUT2D eigenvalue weighted by molar-refractivity contribution is 5.64. The number of aromatic nitrogens is 3. The summed E-state index contributed by atoms with van der Waals surface area (Å²) in [6, 6.07) is 4.28. The summed E-state index contributed by atoms with van der Waals surface area (Å²) in [6.07, 6.45) is 1.63. The predicted molar refractivity (Wildman–Crippen MR) is 90.8 cm³/mol. The molecule has 2 rings (SSSR count). The van der Waals surface area contributed by atoms with Crippen LogP contribution >= 0.6 is 0 Å². The molecule has 6 nitrogen and oxygen atoms in total. The largest absolute Gasteiger partial charge is 0.367 e. The van der Waals surface area contributed by atoms with Gasteiger partial charge in [0.15, 0.2) is 5.82 Å². The van der Waals surface area contributed by atoms with Crippen molar-refractivity contribution < 1.29 is 0 Å². The predicted octanol–water partition coefficient (Wildman–Crippen LogP) is 2.51. The second-order valence-corrected chi connectivity index (χ2v) is 5.79. The molecule has 0 spiro atoms. The van der Waals surface area contributed by atoms with Gasteiger partial charge in [-0.15, -0.1) is 5.10 Å². The Labute approximate surface area is 132 Å². The van der Waals surface area contributed by atoms with Crippen LogP contribution in [0.1, 0.15) is 16.7 Å². The summed E-state index contributed by atoms with van der Waals surface area (Å²) in [5.41, 5.74) is 4.63. The van der Waals surface area contributed by atoms with Gasteiger partial charge in [-0.3, -0.25) is 0 Å². The second-order valence-electron chi connectivity index (χ2n) is 5.79. The second kappa shape index (κ2) is 7.17. The SMILES string of the molecule is Cc1cc(C)c(Nc2nncc(NCCN(C)C)n2)c(C)c1. The molecule has 2 aromatic rings. The number of rotatable bonds is 6. The van der Waals surface area contributed by atoms with Crippen molar-refractivity contribution in [3.8, 4) is 0 Å².